The van der Waals surface area contributed by atoms with Crippen LogP contribution in [0.4, 0.5) is 5.95 Å². The van der Waals surface area contributed by atoms with Crippen molar-refractivity contribution in [1.29, 1.82) is 0 Å². The van der Waals surface area contributed by atoms with Gasteiger partial charge in [0.1, 0.15) is 4.90 Å². The molecule has 0 amide bonds. The monoisotopic (exact) mass is 285 g/mol. The van der Waals surface area contributed by atoms with Gasteiger partial charge in [-0.15, -0.1) is 0 Å². The molecule has 19 heavy (non-hydrogen) atoms. The van der Waals surface area contributed by atoms with Crippen molar-refractivity contribution in [3.05, 3.63) is 12.4 Å². The lowest BCUT2D eigenvalue weighted by atomic mass is 10.1. The molecule has 0 saturated heterocycles. The number of hydrogen-bond acceptors (Lipinski definition) is 6. The SMILES string of the molecule is NNc1ncc(S(=O)(=O)NC2CCCCCC2)cn1. The minimum atomic E-state index is -3.54. The van der Waals surface area contributed by atoms with E-state index >= 15 is 0 Å². The van der Waals surface area contributed by atoms with E-state index in [0.717, 1.165) is 25.7 Å². The van der Waals surface area contributed by atoms with Crippen LogP contribution < -0.4 is 16.0 Å². The first-order valence-electron chi connectivity index (χ1n) is 6.43. The maximum Gasteiger partial charge on any atom is 0.243 e. The molecule has 7 nitrogen and oxygen atoms in total. The average Bonchev–Trinajstić information content (AvgIpc) is 2.67. The number of aromatic nitrogens is 2. The highest BCUT2D eigenvalue weighted by atomic mass is 32.2. The molecule has 0 radical (unpaired) electrons. The molecular formula is C11H19N5O2S. The van der Waals surface area contributed by atoms with E-state index in [1.807, 2.05) is 0 Å². The number of hydrogen-bond donors (Lipinski definition) is 3. The average molecular weight is 285 g/mol. The molecule has 1 fully saturated rings. The Kier molecular flexibility index (Phi) is 4.67. The highest BCUT2D eigenvalue weighted by Gasteiger charge is 2.21. The summed E-state index contributed by atoms with van der Waals surface area (Å²) < 4.78 is 27.1. The summed E-state index contributed by atoms with van der Waals surface area (Å²) in [6.45, 7) is 0. The third-order valence-corrected chi connectivity index (χ3v) is 4.72. The number of nitrogens with one attached hydrogen (secondary N) is 2. The zero-order valence-electron chi connectivity index (χ0n) is 10.7. The van der Waals surface area contributed by atoms with E-state index in [-0.39, 0.29) is 16.9 Å². The Hall–Kier alpha value is -1.25. The van der Waals surface area contributed by atoms with Gasteiger partial charge in [0.25, 0.3) is 0 Å². The molecule has 8 heteroatoms. The zero-order chi connectivity index (χ0) is 13.7. The number of nitrogen functional groups attached to an aromatic ring is 1. The maximum atomic E-state index is 12.2. The molecule has 1 saturated carbocycles. The molecule has 0 spiro atoms. The third-order valence-electron chi connectivity index (χ3n) is 3.24. The Bertz CT molecular complexity index is 494. The van der Waals surface area contributed by atoms with Crippen LogP contribution in [0.15, 0.2) is 17.3 Å². The molecule has 1 aromatic rings. The van der Waals surface area contributed by atoms with E-state index in [9.17, 15) is 8.42 Å². The molecule has 0 bridgehead atoms. The summed E-state index contributed by atoms with van der Waals surface area (Å²) in [6, 6.07) is 0.0137. The number of nitrogens with zero attached hydrogens (tertiary/aromatic N) is 2. The number of sulfonamides is 1. The molecule has 1 aromatic heterocycles. The van der Waals surface area contributed by atoms with Gasteiger partial charge in [-0.25, -0.2) is 29.0 Å². The Morgan fingerprint density at radius 1 is 1.11 bits per heavy atom. The summed E-state index contributed by atoms with van der Waals surface area (Å²) in [5.74, 6) is 5.32. The number of anilines is 1. The number of hydrazine groups is 1. The van der Waals surface area contributed by atoms with Gasteiger partial charge in [0.05, 0.1) is 12.4 Å². The van der Waals surface area contributed by atoms with E-state index in [1.54, 1.807) is 0 Å². The van der Waals surface area contributed by atoms with Gasteiger partial charge in [-0.1, -0.05) is 25.7 Å². The number of nitrogens with two attached hydrogens (primary N) is 1. The fourth-order valence-electron chi connectivity index (χ4n) is 2.21. The van der Waals surface area contributed by atoms with E-state index < -0.39 is 10.0 Å². The number of rotatable bonds is 4. The summed E-state index contributed by atoms with van der Waals surface area (Å²) in [4.78, 5) is 7.68. The van der Waals surface area contributed by atoms with E-state index in [4.69, 9.17) is 5.84 Å². The Morgan fingerprint density at radius 2 is 1.68 bits per heavy atom. The van der Waals surface area contributed by atoms with Crippen LogP contribution in [0.3, 0.4) is 0 Å². The molecule has 0 aliphatic heterocycles. The first kappa shape index (κ1) is 14.2. The van der Waals surface area contributed by atoms with Crippen molar-refractivity contribution < 1.29 is 8.42 Å². The Labute approximate surface area is 113 Å². The topological polar surface area (TPSA) is 110 Å². The molecule has 0 aromatic carbocycles. The Morgan fingerprint density at radius 3 is 2.21 bits per heavy atom. The predicted octanol–water partition coefficient (Wildman–Crippen LogP) is 0.763. The van der Waals surface area contributed by atoms with Crippen LogP contribution in [0.1, 0.15) is 38.5 Å². The molecular weight excluding hydrogens is 266 g/mol. The minimum Gasteiger partial charge on any atom is -0.292 e. The van der Waals surface area contributed by atoms with Crippen molar-refractivity contribution in [1.82, 2.24) is 14.7 Å². The molecule has 1 heterocycles. The van der Waals surface area contributed by atoms with Crippen molar-refractivity contribution in [2.45, 2.75) is 49.5 Å². The second kappa shape index (κ2) is 6.27. The Balaban J connectivity index is 2.07. The molecule has 1 aliphatic carbocycles. The van der Waals surface area contributed by atoms with Crippen LogP contribution in [0.5, 0.6) is 0 Å². The standard InChI is InChI=1S/C11H19N5O2S/c12-15-11-13-7-10(8-14-11)19(17,18)16-9-5-3-1-2-4-6-9/h7-9,16H,1-6,12H2,(H,13,14,15). The second-order valence-corrected chi connectivity index (χ2v) is 6.41. The van der Waals surface area contributed by atoms with E-state index in [0.29, 0.717) is 0 Å². The van der Waals surface area contributed by atoms with Gasteiger partial charge in [0, 0.05) is 6.04 Å². The van der Waals surface area contributed by atoms with Crippen molar-refractivity contribution >= 4 is 16.0 Å². The van der Waals surface area contributed by atoms with Gasteiger partial charge in [-0.3, -0.25) is 5.43 Å². The third kappa shape index (κ3) is 3.85. The molecule has 2 rings (SSSR count). The maximum absolute atomic E-state index is 12.2. The summed E-state index contributed by atoms with van der Waals surface area (Å²) >= 11 is 0. The molecule has 4 N–H and O–H groups in total. The summed E-state index contributed by atoms with van der Waals surface area (Å²) in [7, 11) is -3.54. The minimum absolute atomic E-state index is 0.0137. The van der Waals surface area contributed by atoms with Gasteiger partial charge in [-0.05, 0) is 12.8 Å². The molecule has 106 valence electrons. The van der Waals surface area contributed by atoms with Gasteiger partial charge in [0.15, 0.2) is 0 Å². The summed E-state index contributed by atoms with van der Waals surface area (Å²) in [5, 5.41) is 0. The largest absolute Gasteiger partial charge is 0.292 e. The van der Waals surface area contributed by atoms with Crippen LogP contribution in [0.2, 0.25) is 0 Å². The van der Waals surface area contributed by atoms with Gasteiger partial charge < -0.3 is 0 Å². The fourth-order valence-corrected chi connectivity index (χ4v) is 3.41. The van der Waals surface area contributed by atoms with Gasteiger partial charge in [-0.2, -0.15) is 0 Å². The van der Waals surface area contributed by atoms with Crippen molar-refractivity contribution in [2.24, 2.45) is 5.84 Å². The highest BCUT2D eigenvalue weighted by molar-refractivity contribution is 7.89. The zero-order valence-corrected chi connectivity index (χ0v) is 11.5. The fraction of sp³-hybridized carbons (Fsp3) is 0.636. The van der Waals surface area contributed by atoms with Crippen LogP contribution in [0.25, 0.3) is 0 Å². The quantitative estimate of drug-likeness (QED) is 0.428. The van der Waals surface area contributed by atoms with E-state index in [1.165, 1.54) is 25.2 Å². The van der Waals surface area contributed by atoms with Crippen LogP contribution in [-0.2, 0) is 10.0 Å². The lowest BCUT2D eigenvalue weighted by molar-refractivity contribution is 0.509. The molecule has 0 unspecified atom stereocenters. The van der Waals surface area contributed by atoms with Crippen LogP contribution in [-0.4, -0.2) is 24.4 Å². The van der Waals surface area contributed by atoms with Gasteiger partial charge in [0.2, 0.25) is 16.0 Å². The van der Waals surface area contributed by atoms with Crippen molar-refractivity contribution in [2.75, 3.05) is 5.43 Å². The smallest absolute Gasteiger partial charge is 0.243 e. The van der Waals surface area contributed by atoms with Gasteiger partial charge >= 0.3 is 0 Å². The summed E-state index contributed by atoms with van der Waals surface area (Å²) in [6.07, 6.45) is 8.78. The predicted molar refractivity (Wildman–Crippen MR) is 71.7 cm³/mol. The lowest BCUT2D eigenvalue weighted by Gasteiger charge is -2.16. The lowest BCUT2D eigenvalue weighted by Crippen LogP contribution is -2.34. The van der Waals surface area contributed by atoms with Crippen molar-refractivity contribution in [3.8, 4) is 0 Å². The highest BCUT2D eigenvalue weighted by Crippen LogP contribution is 2.19. The van der Waals surface area contributed by atoms with Crippen molar-refractivity contribution in [3.63, 3.8) is 0 Å². The molecule has 1 aliphatic rings. The van der Waals surface area contributed by atoms with Crippen LogP contribution in [0, 0.1) is 0 Å². The molecule has 0 atom stereocenters. The first-order chi connectivity index (χ1) is 9.12. The van der Waals surface area contributed by atoms with E-state index in [2.05, 4.69) is 20.1 Å². The van der Waals surface area contributed by atoms with Crippen LogP contribution >= 0.6 is 0 Å². The second-order valence-electron chi connectivity index (χ2n) is 4.70. The normalized spacial score (nSPS) is 17.9. The first-order valence-corrected chi connectivity index (χ1v) is 7.91. The summed E-state index contributed by atoms with van der Waals surface area (Å²) in [5.41, 5.74) is 2.26.